The Labute approximate surface area is 108 Å². The Morgan fingerprint density at radius 2 is 2.00 bits per heavy atom. The Kier molecular flexibility index (Phi) is 5.44. The standard InChI is InChI=1S/C11H16F3NO4/c12-11(13,14)7-19-10(18)15-6-2-1-3-8(15)4-5-9(16)17/h8H,1-7H2,(H,16,17). The van der Waals surface area contributed by atoms with Crippen LogP contribution in [0.15, 0.2) is 0 Å². The van der Waals surface area contributed by atoms with Crippen LogP contribution in [0.5, 0.6) is 0 Å². The molecule has 1 saturated heterocycles. The fourth-order valence-corrected chi connectivity index (χ4v) is 2.06. The molecule has 1 aliphatic heterocycles. The molecule has 1 N–H and O–H groups in total. The minimum Gasteiger partial charge on any atom is -0.481 e. The van der Waals surface area contributed by atoms with Crippen LogP contribution in [-0.2, 0) is 9.53 Å². The molecule has 5 nitrogen and oxygen atoms in total. The highest BCUT2D eigenvalue weighted by Gasteiger charge is 2.33. The maximum atomic E-state index is 12.0. The number of halogens is 3. The number of hydrogen-bond donors (Lipinski definition) is 1. The van der Waals surface area contributed by atoms with Gasteiger partial charge in [-0.3, -0.25) is 4.79 Å². The van der Waals surface area contributed by atoms with Crippen LogP contribution in [0.3, 0.4) is 0 Å². The highest BCUT2D eigenvalue weighted by atomic mass is 19.4. The van der Waals surface area contributed by atoms with E-state index in [0.717, 1.165) is 6.42 Å². The minimum atomic E-state index is -4.55. The van der Waals surface area contributed by atoms with E-state index in [9.17, 15) is 22.8 Å². The van der Waals surface area contributed by atoms with E-state index in [2.05, 4.69) is 4.74 Å². The summed E-state index contributed by atoms with van der Waals surface area (Å²) >= 11 is 0. The van der Waals surface area contributed by atoms with Crippen molar-refractivity contribution >= 4 is 12.1 Å². The zero-order chi connectivity index (χ0) is 14.5. The van der Waals surface area contributed by atoms with Gasteiger partial charge in [0.15, 0.2) is 6.61 Å². The van der Waals surface area contributed by atoms with Gasteiger partial charge in [0.1, 0.15) is 0 Å². The number of rotatable bonds is 4. The van der Waals surface area contributed by atoms with Crippen molar-refractivity contribution in [2.24, 2.45) is 0 Å². The maximum Gasteiger partial charge on any atom is 0.422 e. The Morgan fingerprint density at radius 3 is 2.58 bits per heavy atom. The van der Waals surface area contributed by atoms with E-state index >= 15 is 0 Å². The van der Waals surface area contributed by atoms with Gasteiger partial charge in [-0.1, -0.05) is 0 Å². The first-order valence-corrected chi connectivity index (χ1v) is 6.01. The van der Waals surface area contributed by atoms with Gasteiger partial charge in [-0.15, -0.1) is 0 Å². The van der Waals surface area contributed by atoms with E-state index in [1.54, 1.807) is 0 Å². The molecule has 1 aliphatic rings. The Morgan fingerprint density at radius 1 is 1.32 bits per heavy atom. The number of piperidine rings is 1. The summed E-state index contributed by atoms with van der Waals surface area (Å²) in [6.45, 7) is -1.31. The largest absolute Gasteiger partial charge is 0.481 e. The van der Waals surface area contributed by atoms with E-state index in [1.807, 2.05) is 0 Å². The zero-order valence-electron chi connectivity index (χ0n) is 10.3. The summed E-state index contributed by atoms with van der Waals surface area (Å²) in [6.07, 6.45) is -3.36. The first kappa shape index (κ1) is 15.6. The molecule has 0 aromatic rings. The van der Waals surface area contributed by atoms with Gasteiger partial charge in [0, 0.05) is 19.0 Å². The Balaban J connectivity index is 2.50. The minimum absolute atomic E-state index is 0.117. The van der Waals surface area contributed by atoms with Crippen LogP contribution in [0.1, 0.15) is 32.1 Å². The van der Waals surface area contributed by atoms with Gasteiger partial charge in [0.25, 0.3) is 0 Å². The van der Waals surface area contributed by atoms with E-state index in [-0.39, 0.29) is 18.9 Å². The molecule has 110 valence electrons. The zero-order valence-corrected chi connectivity index (χ0v) is 10.3. The number of amides is 1. The lowest BCUT2D eigenvalue weighted by atomic mass is 9.98. The Bertz CT molecular complexity index is 332. The quantitative estimate of drug-likeness (QED) is 0.860. The first-order valence-electron chi connectivity index (χ1n) is 6.01. The van der Waals surface area contributed by atoms with Crippen LogP contribution in [0, 0.1) is 0 Å². The topological polar surface area (TPSA) is 66.8 Å². The van der Waals surface area contributed by atoms with Crippen LogP contribution < -0.4 is 0 Å². The highest BCUT2D eigenvalue weighted by Crippen LogP contribution is 2.23. The molecule has 1 heterocycles. The lowest BCUT2D eigenvalue weighted by Gasteiger charge is -2.34. The molecule has 1 amide bonds. The molecule has 8 heteroatoms. The van der Waals surface area contributed by atoms with Crippen molar-refractivity contribution < 1.29 is 32.6 Å². The summed E-state index contributed by atoms with van der Waals surface area (Å²) in [5.41, 5.74) is 0. The van der Waals surface area contributed by atoms with Crippen molar-refractivity contribution in [2.75, 3.05) is 13.2 Å². The van der Waals surface area contributed by atoms with Crippen molar-refractivity contribution in [2.45, 2.75) is 44.3 Å². The molecule has 1 rings (SSSR count). The molecule has 1 fully saturated rings. The van der Waals surface area contributed by atoms with E-state index in [0.29, 0.717) is 19.4 Å². The van der Waals surface area contributed by atoms with Crippen LogP contribution >= 0.6 is 0 Å². The summed E-state index contributed by atoms with van der Waals surface area (Å²) < 4.78 is 40.1. The molecule has 19 heavy (non-hydrogen) atoms. The van der Waals surface area contributed by atoms with Gasteiger partial charge in [-0.25, -0.2) is 4.79 Å². The number of alkyl halides is 3. The number of ether oxygens (including phenoxy) is 1. The predicted octanol–water partition coefficient (Wildman–Crippen LogP) is 2.40. The molecule has 0 bridgehead atoms. The number of carboxylic acid groups (broad SMARTS) is 1. The SMILES string of the molecule is O=C(O)CCC1CCCCN1C(=O)OCC(F)(F)F. The van der Waals surface area contributed by atoms with E-state index < -0.39 is 24.8 Å². The van der Waals surface area contributed by atoms with Crippen LogP contribution in [-0.4, -0.2) is 47.4 Å². The molecule has 0 radical (unpaired) electrons. The number of carboxylic acids is 1. The first-order chi connectivity index (χ1) is 8.79. The van der Waals surface area contributed by atoms with Gasteiger partial charge < -0.3 is 14.7 Å². The fourth-order valence-electron chi connectivity index (χ4n) is 2.06. The van der Waals surface area contributed by atoms with E-state index in [4.69, 9.17) is 5.11 Å². The number of nitrogens with zero attached hydrogens (tertiary/aromatic N) is 1. The van der Waals surface area contributed by atoms with Gasteiger partial charge in [-0.05, 0) is 25.7 Å². The number of carbonyl (C=O) groups excluding carboxylic acids is 1. The lowest BCUT2D eigenvalue weighted by molar-refractivity contribution is -0.163. The Hall–Kier alpha value is -1.47. The number of hydrogen-bond acceptors (Lipinski definition) is 3. The van der Waals surface area contributed by atoms with Gasteiger partial charge >= 0.3 is 18.2 Å². The van der Waals surface area contributed by atoms with Crippen molar-refractivity contribution in [3.8, 4) is 0 Å². The van der Waals surface area contributed by atoms with Gasteiger partial charge in [0.2, 0.25) is 0 Å². The second-order valence-corrected chi connectivity index (χ2v) is 4.45. The third kappa shape index (κ3) is 5.80. The summed E-state index contributed by atoms with van der Waals surface area (Å²) in [6, 6.07) is -0.356. The predicted molar refractivity (Wildman–Crippen MR) is 58.6 cm³/mol. The summed E-state index contributed by atoms with van der Waals surface area (Å²) in [4.78, 5) is 23.3. The summed E-state index contributed by atoms with van der Waals surface area (Å²) in [7, 11) is 0. The molecule has 1 unspecified atom stereocenters. The van der Waals surface area contributed by atoms with Crippen molar-refractivity contribution in [3.05, 3.63) is 0 Å². The maximum absolute atomic E-state index is 12.0. The molecular formula is C11H16F3NO4. The molecule has 1 atom stereocenters. The van der Waals surface area contributed by atoms with Gasteiger partial charge in [0.05, 0.1) is 0 Å². The number of likely N-dealkylation sites (tertiary alicyclic amines) is 1. The molecule has 0 aromatic heterocycles. The average molecular weight is 283 g/mol. The molecule has 0 aromatic carbocycles. The van der Waals surface area contributed by atoms with Crippen LogP contribution in [0.2, 0.25) is 0 Å². The fraction of sp³-hybridized carbons (Fsp3) is 0.818. The molecule has 0 aliphatic carbocycles. The number of carbonyl (C=O) groups is 2. The van der Waals surface area contributed by atoms with E-state index in [1.165, 1.54) is 4.90 Å². The third-order valence-electron chi connectivity index (χ3n) is 2.91. The normalized spacial score (nSPS) is 20.2. The second-order valence-electron chi connectivity index (χ2n) is 4.45. The second kappa shape index (κ2) is 6.63. The smallest absolute Gasteiger partial charge is 0.422 e. The van der Waals surface area contributed by atoms with Crippen molar-refractivity contribution in [3.63, 3.8) is 0 Å². The number of aliphatic carboxylic acids is 1. The summed E-state index contributed by atoms with van der Waals surface area (Å²) in [5, 5.41) is 8.60. The average Bonchev–Trinajstić information content (AvgIpc) is 2.33. The third-order valence-corrected chi connectivity index (χ3v) is 2.91. The van der Waals surface area contributed by atoms with Crippen LogP contribution in [0.25, 0.3) is 0 Å². The van der Waals surface area contributed by atoms with Crippen molar-refractivity contribution in [1.29, 1.82) is 0 Å². The molecular weight excluding hydrogens is 267 g/mol. The lowest BCUT2D eigenvalue weighted by Crippen LogP contribution is -2.45. The molecule has 0 saturated carbocycles. The van der Waals surface area contributed by atoms with Crippen LogP contribution in [0.4, 0.5) is 18.0 Å². The van der Waals surface area contributed by atoms with Crippen molar-refractivity contribution in [1.82, 2.24) is 4.90 Å². The highest BCUT2D eigenvalue weighted by molar-refractivity contribution is 5.69. The van der Waals surface area contributed by atoms with Gasteiger partial charge in [-0.2, -0.15) is 13.2 Å². The molecule has 0 spiro atoms. The summed E-state index contributed by atoms with van der Waals surface area (Å²) in [5.74, 6) is -0.991. The monoisotopic (exact) mass is 283 g/mol.